The number of para-hydroxylation sites is 1. The average Bonchev–Trinajstić information content (AvgIpc) is 2.65. The van der Waals surface area contributed by atoms with Crippen molar-refractivity contribution in [1.82, 2.24) is 0 Å². The molecule has 0 saturated carbocycles. The van der Waals surface area contributed by atoms with Crippen LogP contribution in [0.3, 0.4) is 0 Å². The van der Waals surface area contributed by atoms with Gasteiger partial charge in [0, 0.05) is 11.3 Å². The summed E-state index contributed by atoms with van der Waals surface area (Å²) in [6.45, 7) is 9.00. The van der Waals surface area contributed by atoms with Crippen molar-refractivity contribution < 1.29 is 0 Å². The summed E-state index contributed by atoms with van der Waals surface area (Å²) in [5.74, 6) is 0. The monoisotopic (exact) mass is 333 g/mol. The molecule has 0 radical (unpaired) electrons. The first-order chi connectivity index (χ1) is 12.2. The molecule has 1 heteroatoms. The molecule has 0 saturated heterocycles. The lowest BCUT2D eigenvalue weighted by Gasteiger charge is -2.19. The molecule has 0 atom stereocenters. The number of nitrogens with two attached hydrogens (primary N) is 1. The number of hydrogen-bond acceptors (Lipinski definition) is 1. The summed E-state index contributed by atoms with van der Waals surface area (Å²) in [4.78, 5) is 0. The van der Waals surface area contributed by atoms with Crippen LogP contribution in [-0.4, -0.2) is 0 Å². The number of rotatable bonds is 7. The second-order valence-electron chi connectivity index (χ2n) is 6.29. The Morgan fingerprint density at radius 2 is 1.44 bits per heavy atom. The lowest BCUT2D eigenvalue weighted by atomic mass is 9.85. The van der Waals surface area contributed by atoms with Gasteiger partial charge in [-0.25, -0.2) is 0 Å². The zero-order valence-corrected chi connectivity index (χ0v) is 16.1. The maximum Gasteiger partial charge on any atom is 0.0393 e. The molecule has 2 N–H and O–H groups in total. The molecule has 0 fully saturated rings. The van der Waals surface area contributed by atoms with Crippen LogP contribution in [0.1, 0.15) is 58.9 Å². The topological polar surface area (TPSA) is 26.0 Å². The molecule has 132 valence electrons. The molecule has 2 aromatic carbocycles. The van der Waals surface area contributed by atoms with Gasteiger partial charge in [-0.1, -0.05) is 76.2 Å². The van der Waals surface area contributed by atoms with Gasteiger partial charge in [-0.2, -0.15) is 0 Å². The highest BCUT2D eigenvalue weighted by atomic mass is 14.6. The van der Waals surface area contributed by atoms with Crippen molar-refractivity contribution >= 4 is 11.3 Å². The molecular formula is C24H31N. The van der Waals surface area contributed by atoms with Gasteiger partial charge in [0.15, 0.2) is 0 Å². The van der Waals surface area contributed by atoms with E-state index < -0.39 is 0 Å². The number of anilines is 1. The van der Waals surface area contributed by atoms with E-state index in [9.17, 15) is 0 Å². The summed E-state index contributed by atoms with van der Waals surface area (Å²) >= 11 is 0. The Morgan fingerprint density at radius 1 is 0.800 bits per heavy atom. The largest absolute Gasteiger partial charge is 0.398 e. The fraction of sp³-hybridized carbons (Fsp3) is 0.333. The quantitative estimate of drug-likeness (QED) is 0.419. The van der Waals surface area contributed by atoms with Crippen molar-refractivity contribution in [3.05, 3.63) is 71.3 Å². The molecule has 0 amide bonds. The third-order valence-electron chi connectivity index (χ3n) is 4.79. The van der Waals surface area contributed by atoms with Gasteiger partial charge in [-0.3, -0.25) is 0 Å². The zero-order chi connectivity index (χ0) is 18.2. The fourth-order valence-corrected chi connectivity index (χ4v) is 3.65. The van der Waals surface area contributed by atoms with Crippen molar-refractivity contribution in [2.24, 2.45) is 0 Å². The van der Waals surface area contributed by atoms with Gasteiger partial charge < -0.3 is 5.73 Å². The lowest BCUT2D eigenvalue weighted by Crippen LogP contribution is -1.98. The van der Waals surface area contributed by atoms with Crippen LogP contribution in [0.4, 0.5) is 5.69 Å². The summed E-state index contributed by atoms with van der Waals surface area (Å²) in [6, 6.07) is 16.8. The normalized spacial score (nSPS) is 12.9. The molecule has 2 rings (SSSR count). The maximum absolute atomic E-state index is 6.28. The number of benzene rings is 2. The van der Waals surface area contributed by atoms with E-state index in [1.54, 1.807) is 0 Å². The summed E-state index contributed by atoms with van der Waals surface area (Å²) in [6.07, 6.45) is 6.62. The lowest BCUT2D eigenvalue weighted by molar-refractivity contribution is 0.993. The highest BCUT2D eigenvalue weighted by molar-refractivity contribution is 5.88. The minimum atomic E-state index is 0.836. The Hall–Kier alpha value is -2.28. The Morgan fingerprint density at radius 3 is 2.00 bits per heavy atom. The molecule has 0 aromatic heterocycles. The average molecular weight is 334 g/mol. The standard InChI is InChI=1S/C24H31N/c1-5-13-18(6-2)19(7-3)20(8-4)21-14-9-10-15-22(21)23-16-11-12-17-24(23)25/h9-17H,5-8,25H2,1-4H3/b18-13-,20-19+. The van der Waals surface area contributed by atoms with Crippen LogP contribution in [0.5, 0.6) is 0 Å². The molecular weight excluding hydrogens is 302 g/mol. The van der Waals surface area contributed by atoms with E-state index in [-0.39, 0.29) is 0 Å². The van der Waals surface area contributed by atoms with Crippen LogP contribution >= 0.6 is 0 Å². The summed E-state index contributed by atoms with van der Waals surface area (Å²) in [5.41, 5.74) is 15.2. The highest BCUT2D eigenvalue weighted by Gasteiger charge is 2.15. The molecule has 0 aliphatic carbocycles. The van der Waals surface area contributed by atoms with Gasteiger partial charge in [-0.05, 0) is 59.6 Å². The molecule has 2 aromatic rings. The summed E-state index contributed by atoms with van der Waals surface area (Å²) in [7, 11) is 0. The predicted octanol–water partition coefficient (Wildman–Crippen LogP) is 7.26. The third kappa shape index (κ3) is 4.22. The molecule has 25 heavy (non-hydrogen) atoms. The Balaban J connectivity index is 2.72. The van der Waals surface area contributed by atoms with E-state index >= 15 is 0 Å². The van der Waals surface area contributed by atoms with Crippen LogP contribution in [0.15, 0.2) is 65.8 Å². The fourth-order valence-electron chi connectivity index (χ4n) is 3.65. The summed E-state index contributed by atoms with van der Waals surface area (Å²) in [5, 5.41) is 0. The maximum atomic E-state index is 6.28. The van der Waals surface area contributed by atoms with Crippen molar-refractivity contribution in [3.8, 4) is 11.1 Å². The number of allylic oxidation sites excluding steroid dienone is 4. The third-order valence-corrected chi connectivity index (χ3v) is 4.79. The summed E-state index contributed by atoms with van der Waals surface area (Å²) < 4.78 is 0. The highest BCUT2D eigenvalue weighted by Crippen LogP contribution is 2.37. The Labute approximate surface area is 153 Å². The first kappa shape index (κ1) is 19.1. The molecule has 0 spiro atoms. The van der Waals surface area contributed by atoms with Crippen LogP contribution in [-0.2, 0) is 0 Å². The van der Waals surface area contributed by atoms with E-state index in [1.807, 2.05) is 12.1 Å². The van der Waals surface area contributed by atoms with Crippen LogP contribution in [0.2, 0.25) is 0 Å². The number of hydrogen-bond donors (Lipinski definition) is 1. The van der Waals surface area contributed by atoms with Gasteiger partial charge >= 0.3 is 0 Å². The molecule has 0 heterocycles. The molecule has 0 aliphatic heterocycles. The van der Waals surface area contributed by atoms with E-state index in [1.165, 1.54) is 27.8 Å². The van der Waals surface area contributed by atoms with Crippen LogP contribution < -0.4 is 5.73 Å². The van der Waals surface area contributed by atoms with Gasteiger partial charge in [0.1, 0.15) is 0 Å². The molecule has 0 aliphatic rings. The van der Waals surface area contributed by atoms with Gasteiger partial charge in [0.25, 0.3) is 0 Å². The van der Waals surface area contributed by atoms with E-state index in [0.29, 0.717) is 0 Å². The van der Waals surface area contributed by atoms with Crippen molar-refractivity contribution in [1.29, 1.82) is 0 Å². The number of nitrogen functional groups attached to an aromatic ring is 1. The molecule has 0 unspecified atom stereocenters. The first-order valence-corrected chi connectivity index (χ1v) is 9.53. The predicted molar refractivity (Wildman–Crippen MR) is 112 cm³/mol. The molecule has 1 nitrogen and oxygen atoms in total. The SMILES string of the molecule is CC/C=C(CC)\C(CC)=C(/CC)c1ccccc1-c1ccccc1N. The van der Waals surface area contributed by atoms with Crippen molar-refractivity contribution in [3.63, 3.8) is 0 Å². The van der Waals surface area contributed by atoms with Crippen LogP contribution in [0.25, 0.3) is 16.7 Å². The van der Waals surface area contributed by atoms with E-state index in [2.05, 4.69) is 70.2 Å². The smallest absolute Gasteiger partial charge is 0.0393 e. The van der Waals surface area contributed by atoms with Crippen molar-refractivity contribution in [2.45, 2.75) is 53.4 Å². The van der Waals surface area contributed by atoms with Gasteiger partial charge in [-0.15, -0.1) is 0 Å². The zero-order valence-electron chi connectivity index (χ0n) is 16.1. The second kappa shape index (κ2) is 9.27. The van der Waals surface area contributed by atoms with E-state index in [0.717, 1.165) is 36.9 Å². The minimum Gasteiger partial charge on any atom is -0.398 e. The van der Waals surface area contributed by atoms with Crippen LogP contribution in [0, 0.1) is 0 Å². The first-order valence-electron chi connectivity index (χ1n) is 9.53. The Kier molecular flexibility index (Phi) is 7.06. The van der Waals surface area contributed by atoms with Gasteiger partial charge in [0.05, 0.1) is 0 Å². The molecule has 0 bridgehead atoms. The van der Waals surface area contributed by atoms with E-state index in [4.69, 9.17) is 5.73 Å². The van der Waals surface area contributed by atoms with Crippen molar-refractivity contribution in [2.75, 3.05) is 5.73 Å². The second-order valence-corrected chi connectivity index (χ2v) is 6.29. The minimum absolute atomic E-state index is 0.836. The van der Waals surface area contributed by atoms with Gasteiger partial charge in [0.2, 0.25) is 0 Å². The Bertz CT molecular complexity index is 765.